The minimum Gasteiger partial charge on any atom is -0.493 e. The Morgan fingerprint density at radius 2 is 1.85 bits per heavy atom. The van der Waals surface area contributed by atoms with Crippen LogP contribution in [0.1, 0.15) is 36.6 Å². The zero-order chi connectivity index (χ0) is 34.1. The predicted octanol–water partition coefficient (Wildman–Crippen LogP) is 5.86. The Morgan fingerprint density at radius 1 is 1.06 bits per heavy atom. The first-order valence-corrected chi connectivity index (χ1v) is 15.8. The van der Waals surface area contributed by atoms with E-state index in [9.17, 15) is 14.7 Å². The molecule has 0 bridgehead atoms. The Kier molecular flexibility index (Phi) is 12.6. The highest BCUT2D eigenvalue weighted by Gasteiger charge is 2.32. The molecule has 2 amide bonds. The molecule has 15 heteroatoms. The van der Waals surface area contributed by atoms with E-state index >= 15 is 0 Å². The number of amides is 2. The normalized spacial score (nSPS) is 15.1. The molecule has 0 fully saturated rings. The molecule has 0 saturated carbocycles. The van der Waals surface area contributed by atoms with E-state index in [1.54, 1.807) is 56.3 Å². The van der Waals surface area contributed by atoms with Crippen molar-refractivity contribution in [2.45, 2.75) is 32.7 Å². The van der Waals surface area contributed by atoms with Crippen molar-refractivity contribution >= 4 is 57.3 Å². The van der Waals surface area contributed by atoms with Crippen LogP contribution in [0.25, 0.3) is 0 Å². The number of allylic oxidation sites excluding steroid dienone is 1. The highest BCUT2D eigenvalue weighted by molar-refractivity contribution is 9.10. The van der Waals surface area contributed by atoms with Crippen molar-refractivity contribution < 1.29 is 38.4 Å². The quantitative estimate of drug-likeness (QED) is 0.0688. The molecule has 0 aliphatic carbocycles. The molecule has 1 aliphatic rings. The largest absolute Gasteiger partial charge is 0.493 e. The van der Waals surface area contributed by atoms with Gasteiger partial charge in [-0.15, -0.1) is 0 Å². The summed E-state index contributed by atoms with van der Waals surface area (Å²) >= 11 is 15.6. The molecular weight excluding hydrogens is 719 g/mol. The first kappa shape index (κ1) is 35.7. The van der Waals surface area contributed by atoms with Crippen LogP contribution in [-0.4, -0.2) is 57.0 Å². The molecule has 47 heavy (non-hydrogen) atoms. The second kappa shape index (κ2) is 16.6. The van der Waals surface area contributed by atoms with E-state index in [1.807, 2.05) is 6.07 Å². The molecule has 0 saturated heterocycles. The van der Waals surface area contributed by atoms with Gasteiger partial charge in [-0.05, 0) is 82.9 Å². The topological polar surface area (TPSA) is 149 Å². The van der Waals surface area contributed by atoms with Crippen molar-refractivity contribution in [3.63, 3.8) is 0 Å². The molecule has 1 aliphatic heterocycles. The van der Waals surface area contributed by atoms with Crippen molar-refractivity contribution in [1.82, 2.24) is 16.1 Å². The number of hydrazone groups is 1. The van der Waals surface area contributed by atoms with Crippen LogP contribution >= 0.6 is 39.1 Å². The first-order valence-electron chi connectivity index (χ1n) is 14.2. The minimum atomic E-state index is -1.18. The number of aliphatic hydroxyl groups is 1. The van der Waals surface area contributed by atoms with Crippen LogP contribution in [0, 0.1) is 0 Å². The van der Waals surface area contributed by atoms with Gasteiger partial charge in [0.05, 0.1) is 53.2 Å². The lowest BCUT2D eigenvalue weighted by Crippen LogP contribution is -2.45. The molecule has 3 aromatic carbocycles. The van der Waals surface area contributed by atoms with Crippen LogP contribution in [0.4, 0.5) is 4.79 Å². The molecule has 0 radical (unpaired) electrons. The van der Waals surface area contributed by atoms with E-state index in [2.05, 4.69) is 37.1 Å². The lowest BCUT2D eigenvalue weighted by atomic mass is 9.95. The summed E-state index contributed by atoms with van der Waals surface area (Å²) in [6.45, 7) is 3.80. The number of aliphatic hydroxyl groups excluding tert-OH is 1. The fraction of sp³-hybridized carbons (Fsp3) is 0.281. The average molecular weight is 752 g/mol. The second-order valence-electron chi connectivity index (χ2n) is 9.99. The third kappa shape index (κ3) is 9.22. The molecule has 4 N–H and O–H groups in total. The molecule has 12 nitrogen and oxygen atoms in total. The van der Waals surface area contributed by atoms with E-state index < -0.39 is 24.3 Å². The van der Waals surface area contributed by atoms with Gasteiger partial charge in [0.15, 0.2) is 29.2 Å². The maximum absolute atomic E-state index is 12.5. The maximum atomic E-state index is 12.5. The Morgan fingerprint density at radius 3 is 2.55 bits per heavy atom. The first-order chi connectivity index (χ1) is 22.5. The minimum absolute atomic E-state index is 0.179. The molecular formula is C32H33BrCl2N4O8. The fourth-order valence-electron chi connectivity index (χ4n) is 4.56. The molecule has 2 atom stereocenters. The summed E-state index contributed by atoms with van der Waals surface area (Å²) in [5.74, 6) is 1.07. The smallest absolute Gasteiger partial charge is 0.337 e. The van der Waals surface area contributed by atoms with Gasteiger partial charge in [0, 0.05) is 5.70 Å². The van der Waals surface area contributed by atoms with Gasteiger partial charge in [-0.1, -0.05) is 35.3 Å². The lowest BCUT2D eigenvalue weighted by molar-refractivity contribution is -0.136. The summed E-state index contributed by atoms with van der Waals surface area (Å²) in [6, 6.07) is 12.5. The van der Waals surface area contributed by atoms with Crippen LogP contribution < -0.4 is 35.0 Å². The van der Waals surface area contributed by atoms with E-state index in [0.717, 1.165) is 5.56 Å². The van der Waals surface area contributed by atoms with E-state index in [-0.39, 0.29) is 18.8 Å². The van der Waals surface area contributed by atoms with Crippen LogP contribution in [0.15, 0.2) is 69.4 Å². The number of nitrogens with one attached hydrogen (secondary N) is 3. The maximum Gasteiger partial charge on any atom is 0.337 e. The zero-order valence-corrected chi connectivity index (χ0v) is 29.0. The monoisotopic (exact) mass is 750 g/mol. The summed E-state index contributed by atoms with van der Waals surface area (Å²) in [5.41, 5.74) is 5.32. The number of hydrogen-bond acceptors (Lipinski definition) is 10. The third-order valence-corrected chi connectivity index (χ3v) is 8.06. The summed E-state index contributed by atoms with van der Waals surface area (Å²) < 4.78 is 28.6. The van der Waals surface area contributed by atoms with Crippen molar-refractivity contribution in [3.8, 4) is 23.0 Å². The second-order valence-corrected chi connectivity index (χ2v) is 11.7. The highest BCUT2D eigenvalue weighted by atomic mass is 79.9. The number of benzene rings is 3. The highest BCUT2D eigenvalue weighted by Crippen LogP contribution is 2.38. The number of ether oxygens (including phenoxy) is 5. The van der Waals surface area contributed by atoms with E-state index in [0.29, 0.717) is 60.9 Å². The van der Waals surface area contributed by atoms with Crippen LogP contribution in [0.5, 0.6) is 23.0 Å². The van der Waals surface area contributed by atoms with Gasteiger partial charge in [0.25, 0.3) is 0 Å². The van der Waals surface area contributed by atoms with Crippen LogP contribution in [-0.2, 0) is 16.1 Å². The van der Waals surface area contributed by atoms with Crippen LogP contribution in [0.3, 0.4) is 0 Å². The average Bonchev–Trinajstić information content (AvgIpc) is 3.04. The number of halogens is 3. The summed E-state index contributed by atoms with van der Waals surface area (Å²) in [5, 5.41) is 20.8. The van der Waals surface area contributed by atoms with Crippen LogP contribution in [0.2, 0.25) is 10.0 Å². The van der Waals surface area contributed by atoms with Gasteiger partial charge in [-0.3, -0.25) is 5.43 Å². The molecule has 4 rings (SSSR count). The Balaban J connectivity index is 1.39. The summed E-state index contributed by atoms with van der Waals surface area (Å²) in [4.78, 5) is 24.6. The van der Waals surface area contributed by atoms with Crippen molar-refractivity contribution in [1.29, 1.82) is 0 Å². The van der Waals surface area contributed by atoms with Crippen molar-refractivity contribution in [3.05, 3.63) is 91.0 Å². The van der Waals surface area contributed by atoms with E-state index in [1.165, 1.54) is 20.4 Å². The SMILES string of the molecule is CCOc1cc([C@H]2NC(=O)NC(C)=C2C(=O)OC)ccc1OC[C@H](O)N/N=C\c1cc(Br)c(OCc2ccc(Cl)c(Cl)c2)c(OC)c1. The Labute approximate surface area is 290 Å². The number of nitrogens with zero attached hydrogens (tertiary/aromatic N) is 1. The number of carbonyl (C=O) groups is 2. The van der Waals surface area contributed by atoms with Gasteiger partial charge < -0.3 is 39.4 Å². The molecule has 0 unspecified atom stereocenters. The Bertz CT molecular complexity index is 1690. The molecule has 3 aromatic rings. The van der Waals surface area contributed by atoms with Gasteiger partial charge in [-0.2, -0.15) is 5.10 Å². The zero-order valence-electron chi connectivity index (χ0n) is 25.9. The number of rotatable bonds is 14. The molecule has 250 valence electrons. The number of urea groups is 1. The third-order valence-electron chi connectivity index (χ3n) is 6.73. The van der Waals surface area contributed by atoms with Gasteiger partial charge in [0.2, 0.25) is 0 Å². The standard InChI is InChI=1S/C32H33BrCl2N4O8/c1-5-45-25-13-20(29-28(31(41)44-4)17(2)37-32(42)38-29)7-9-24(25)46-16-27(40)39-36-14-19-10-21(33)30(26(12-19)43-3)47-15-18-6-8-22(34)23(35)11-18/h6-14,27,29,39-40H,5,15-16H2,1-4H3,(H2,37,38,42)/b36-14-/t27-,29+/m0/s1. The summed E-state index contributed by atoms with van der Waals surface area (Å²) in [7, 11) is 2.79. The fourth-order valence-corrected chi connectivity index (χ4v) is 5.45. The number of methoxy groups -OCH3 is 2. The van der Waals surface area contributed by atoms with Crippen molar-refractivity contribution in [2.75, 3.05) is 27.4 Å². The Hall–Kier alpha value is -4.17. The molecule has 1 heterocycles. The number of carbonyl (C=O) groups excluding carboxylic acids is 2. The van der Waals surface area contributed by atoms with Gasteiger partial charge in [-0.25, -0.2) is 9.59 Å². The number of esters is 1. The van der Waals surface area contributed by atoms with E-state index in [4.69, 9.17) is 46.9 Å². The predicted molar refractivity (Wildman–Crippen MR) is 180 cm³/mol. The molecule has 0 aromatic heterocycles. The lowest BCUT2D eigenvalue weighted by Gasteiger charge is -2.28. The van der Waals surface area contributed by atoms with Gasteiger partial charge >= 0.3 is 12.0 Å². The molecule has 0 spiro atoms. The van der Waals surface area contributed by atoms with Gasteiger partial charge in [0.1, 0.15) is 13.2 Å². The van der Waals surface area contributed by atoms with Crippen molar-refractivity contribution in [2.24, 2.45) is 5.10 Å². The number of hydrogen-bond donors (Lipinski definition) is 4. The summed E-state index contributed by atoms with van der Waals surface area (Å²) in [6.07, 6.45) is 0.321.